The molecule has 2 aromatic heterocycles. The van der Waals surface area contributed by atoms with Gasteiger partial charge in [-0.15, -0.1) is 0 Å². The minimum absolute atomic E-state index is 0.466. The lowest BCUT2D eigenvalue weighted by Crippen LogP contribution is -2.00. The summed E-state index contributed by atoms with van der Waals surface area (Å²) in [6.07, 6.45) is 0. The number of rotatable bonds is 4. The van der Waals surface area contributed by atoms with Gasteiger partial charge >= 0.3 is 0 Å². The van der Waals surface area contributed by atoms with Crippen LogP contribution in [0.3, 0.4) is 0 Å². The van der Waals surface area contributed by atoms with Gasteiger partial charge in [0.05, 0.1) is 11.6 Å². The van der Waals surface area contributed by atoms with Gasteiger partial charge in [0.25, 0.3) is 0 Å². The summed E-state index contributed by atoms with van der Waals surface area (Å²) in [6.45, 7) is 0. The van der Waals surface area contributed by atoms with E-state index in [1.165, 1.54) is 32.3 Å². The number of nitriles is 1. The Hall–Kier alpha value is -7.16. The van der Waals surface area contributed by atoms with Crippen LogP contribution in [-0.4, -0.2) is 15.0 Å². The number of hydrogen-bond acceptors (Lipinski definition) is 5. The molecule has 0 atom stereocenters. The third kappa shape index (κ3) is 4.74. The third-order valence-electron chi connectivity index (χ3n) is 9.72. The summed E-state index contributed by atoms with van der Waals surface area (Å²) in [7, 11) is 0. The zero-order valence-corrected chi connectivity index (χ0v) is 27.2. The molecule has 10 rings (SSSR count). The van der Waals surface area contributed by atoms with Gasteiger partial charge in [0.1, 0.15) is 11.2 Å². The van der Waals surface area contributed by atoms with E-state index in [0.29, 0.717) is 34.2 Å². The Labute approximate surface area is 292 Å². The lowest BCUT2D eigenvalue weighted by Gasteiger charge is -2.12. The molecular weight excluding hydrogens is 625 g/mol. The fraction of sp³-hybridized carbons (Fsp3) is 0. The molecule has 0 aliphatic rings. The number of aromatic nitrogens is 3. The van der Waals surface area contributed by atoms with E-state index in [-0.39, 0.29) is 0 Å². The molecule has 0 saturated carbocycles. The number of benzene rings is 8. The number of fused-ring (bicyclic) bond motifs is 9. The first-order valence-corrected chi connectivity index (χ1v) is 16.8. The Morgan fingerprint density at radius 2 is 0.882 bits per heavy atom. The summed E-state index contributed by atoms with van der Waals surface area (Å²) in [5.74, 6) is 1.58. The maximum Gasteiger partial charge on any atom is 0.164 e. The quantitative estimate of drug-likeness (QED) is 0.177. The highest BCUT2D eigenvalue weighted by atomic mass is 16.3. The summed E-state index contributed by atoms with van der Waals surface area (Å²) in [6, 6.07) is 56.0. The van der Waals surface area contributed by atoms with Crippen LogP contribution in [0.1, 0.15) is 5.56 Å². The normalized spacial score (nSPS) is 11.5. The summed E-state index contributed by atoms with van der Waals surface area (Å²) in [5.41, 5.74) is 6.43. The summed E-state index contributed by atoms with van der Waals surface area (Å²) >= 11 is 0. The minimum atomic E-state index is 0.466. The van der Waals surface area contributed by atoms with Crippen LogP contribution in [0.25, 0.3) is 99.5 Å². The lowest BCUT2D eigenvalue weighted by molar-refractivity contribution is 0.669. The highest BCUT2D eigenvalue weighted by Gasteiger charge is 2.20. The summed E-state index contributed by atoms with van der Waals surface area (Å²) in [5, 5.41) is 19.3. The molecule has 0 unspecified atom stereocenters. The maximum atomic E-state index is 10.1. The van der Waals surface area contributed by atoms with E-state index in [2.05, 4.69) is 84.9 Å². The van der Waals surface area contributed by atoms with Gasteiger partial charge in [0, 0.05) is 27.5 Å². The van der Waals surface area contributed by atoms with E-state index in [0.717, 1.165) is 38.6 Å². The zero-order chi connectivity index (χ0) is 33.9. The average Bonchev–Trinajstić information content (AvgIpc) is 3.58. The standard InChI is InChI=1S/C46H26N4O/c47-27-28-23-40(46-49-44(29-11-3-1-4-12-29)48-45(50-46)30-13-5-2-6-14-30)43-39-26-32(20-22-41(39)51-42(43)24-28)31-19-21-37-35-17-8-7-15-33(35)34-16-9-10-18-36(34)38(37)25-31/h1-26H. The van der Waals surface area contributed by atoms with Gasteiger partial charge in [-0.25, -0.2) is 15.0 Å². The molecule has 51 heavy (non-hydrogen) atoms. The van der Waals surface area contributed by atoms with Crippen molar-refractivity contribution in [3.8, 4) is 51.4 Å². The van der Waals surface area contributed by atoms with Gasteiger partial charge in [-0.1, -0.05) is 127 Å². The summed E-state index contributed by atoms with van der Waals surface area (Å²) < 4.78 is 6.43. The molecule has 0 amide bonds. The minimum Gasteiger partial charge on any atom is -0.456 e. The molecular formula is C46H26N4O. The van der Waals surface area contributed by atoms with Gasteiger partial charge < -0.3 is 4.42 Å². The van der Waals surface area contributed by atoms with Crippen LogP contribution in [0.2, 0.25) is 0 Å². The Kier molecular flexibility index (Phi) is 6.48. The van der Waals surface area contributed by atoms with Crippen molar-refractivity contribution in [2.75, 3.05) is 0 Å². The van der Waals surface area contributed by atoms with Crippen LogP contribution >= 0.6 is 0 Å². The van der Waals surface area contributed by atoms with E-state index in [1.807, 2.05) is 72.8 Å². The first-order chi connectivity index (χ1) is 25.2. The highest BCUT2D eigenvalue weighted by molar-refractivity contribution is 6.25. The van der Waals surface area contributed by atoms with Crippen molar-refractivity contribution in [2.45, 2.75) is 0 Å². The van der Waals surface area contributed by atoms with Gasteiger partial charge in [-0.2, -0.15) is 5.26 Å². The van der Waals surface area contributed by atoms with E-state index >= 15 is 0 Å². The number of hydrogen-bond donors (Lipinski definition) is 0. The molecule has 0 spiro atoms. The zero-order valence-electron chi connectivity index (χ0n) is 27.2. The van der Waals surface area contributed by atoms with Gasteiger partial charge in [0.15, 0.2) is 17.5 Å². The van der Waals surface area contributed by atoms with Crippen molar-refractivity contribution in [1.29, 1.82) is 5.26 Å². The molecule has 0 bridgehead atoms. The highest BCUT2D eigenvalue weighted by Crippen LogP contribution is 2.41. The molecule has 0 saturated heterocycles. The molecule has 0 fully saturated rings. The van der Waals surface area contributed by atoms with Crippen molar-refractivity contribution in [3.05, 3.63) is 163 Å². The smallest absolute Gasteiger partial charge is 0.164 e. The first-order valence-electron chi connectivity index (χ1n) is 16.8. The Bertz CT molecular complexity index is 2940. The van der Waals surface area contributed by atoms with Crippen molar-refractivity contribution in [2.24, 2.45) is 0 Å². The van der Waals surface area contributed by atoms with Crippen molar-refractivity contribution < 1.29 is 4.42 Å². The largest absolute Gasteiger partial charge is 0.456 e. The second kappa shape index (κ2) is 11.5. The van der Waals surface area contributed by atoms with Crippen LogP contribution in [0, 0.1) is 11.3 Å². The molecule has 236 valence electrons. The van der Waals surface area contributed by atoms with Crippen molar-refractivity contribution in [1.82, 2.24) is 15.0 Å². The van der Waals surface area contributed by atoms with E-state index in [1.54, 1.807) is 6.07 Å². The Morgan fingerprint density at radius 3 is 1.47 bits per heavy atom. The Morgan fingerprint density at radius 1 is 0.392 bits per heavy atom. The van der Waals surface area contributed by atoms with Crippen molar-refractivity contribution >= 4 is 54.3 Å². The molecule has 0 aliphatic carbocycles. The molecule has 10 aromatic rings. The molecule has 5 heteroatoms. The number of nitrogens with zero attached hydrogens (tertiary/aromatic N) is 4. The molecule has 0 aliphatic heterocycles. The molecule has 5 nitrogen and oxygen atoms in total. The maximum absolute atomic E-state index is 10.1. The van der Waals surface area contributed by atoms with Gasteiger partial charge in [0.2, 0.25) is 0 Å². The van der Waals surface area contributed by atoms with Gasteiger partial charge in [-0.3, -0.25) is 0 Å². The second-order valence-corrected chi connectivity index (χ2v) is 12.7. The van der Waals surface area contributed by atoms with Crippen LogP contribution in [-0.2, 0) is 0 Å². The molecule has 0 radical (unpaired) electrons. The lowest BCUT2D eigenvalue weighted by atomic mass is 9.92. The van der Waals surface area contributed by atoms with Crippen LogP contribution < -0.4 is 0 Å². The third-order valence-corrected chi connectivity index (χ3v) is 9.72. The van der Waals surface area contributed by atoms with E-state index in [4.69, 9.17) is 19.4 Å². The average molecular weight is 651 g/mol. The monoisotopic (exact) mass is 650 g/mol. The molecule has 8 aromatic carbocycles. The van der Waals surface area contributed by atoms with E-state index in [9.17, 15) is 5.26 Å². The SMILES string of the molecule is N#Cc1cc(-c2nc(-c3ccccc3)nc(-c3ccccc3)n2)c2c(c1)oc1ccc(-c3ccc4c5ccccc5c5ccccc5c4c3)cc12. The molecule has 2 heterocycles. The fourth-order valence-electron chi connectivity index (χ4n) is 7.34. The summed E-state index contributed by atoms with van der Waals surface area (Å²) in [4.78, 5) is 14.9. The number of furan rings is 1. The topological polar surface area (TPSA) is 75.6 Å². The second-order valence-electron chi connectivity index (χ2n) is 12.7. The van der Waals surface area contributed by atoms with Gasteiger partial charge in [-0.05, 0) is 73.8 Å². The predicted molar refractivity (Wildman–Crippen MR) is 206 cm³/mol. The van der Waals surface area contributed by atoms with E-state index < -0.39 is 0 Å². The Balaban J connectivity index is 1.21. The molecule has 0 N–H and O–H groups in total. The first kappa shape index (κ1) is 28.8. The fourth-order valence-corrected chi connectivity index (χ4v) is 7.34. The van der Waals surface area contributed by atoms with Crippen LogP contribution in [0.5, 0.6) is 0 Å². The predicted octanol–water partition coefficient (Wildman–Crippen LogP) is 11.8. The van der Waals surface area contributed by atoms with Crippen molar-refractivity contribution in [3.63, 3.8) is 0 Å². The van der Waals surface area contributed by atoms with Crippen LogP contribution in [0.15, 0.2) is 162 Å². The van der Waals surface area contributed by atoms with Crippen LogP contribution in [0.4, 0.5) is 0 Å².